The van der Waals surface area contributed by atoms with E-state index < -0.39 is 0 Å². The van der Waals surface area contributed by atoms with Crippen LogP contribution in [0.25, 0.3) is 0 Å². The van der Waals surface area contributed by atoms with Crippen LogP contribution in [0.3, 0.4) is 0 Å². The van der Waals surface area contributed by atoms with Crippen LogP contribution in [0, 0.1) is 13.8 Å². The summed E-state index contributed by atoms with van der Waals surface area (Å²) >= 11 is 0. The molecule has 1 saturated heterocycles. The second kappa shape index (κ2) is 12.7. The molecule has 7 heteroatoms. The molecule has 1 aliphatic rings. The number of carbonyl (C=O) groups is 2. The van der Waals surface area contributed by atoms with Gasteiger partial charge in [-0.1, -0.05) is 19.8 Å². The molecule has 0 aromatic heterocycles. The number of aryl methyl sites for hydroxylation is 2. The van der Waals surface area contributed by atoms with E-state index in [1.54, 1.807) is 0 Å². The molecule has 29 heavy (non-hydrogen) atoms. The second-order valence-electron chi connectivity index (χ2n) is 7.72. The molecule has 1 atom stereocenters. The Morgan fingerprint density at radius 3 is 2.34 bits per heavy atom. The van der Waals surface area contributed by atoms with E-state index in [2.05, 4.69) is 12.2 Å². The number of rotatable bonds is 9. The second-order valence-corrected chi connectivity index (χ2v) is 7.72. The Hall–Kier alpha value is -1.79. The third kappa shape index (κ3) is 7.52. The molecule has 3 N–H and O–H groups in total. The summed E-state index contributed by atoms with van der Waals surface area (Å²) in [5.74, 6) is 0.596. The largest absolute Gasteiger partial charge is 0.483 e. The minimum atomic E-state index is -0.117. The van der Waals surface area contributed by atoms with Gasteiger partial charge in [0, 0.05) is 31.2 Å². The number of ether oxygens (including phenoxy) is 1. The molecule has 164 valence electrons. The SMILES string of the molecule is CCCCC(CN)NC(=O)c1cc(C)c(OCC(=O)N2CCCCC2)c(C)c1.Cl. The molecule has 1 aromatic rings. The van der Waals surface area contributed by atoms with Crippen LogP contribution in [0.2, 0.25) is 0 Å². The van der Waals surface area contributed by atoms with E-state index in [-0.39, 0.29) is 36.9 Å². The predicted molar refractivity (Wildman–Crippen MR) is 119 cm³/mol. The highest BCUT2D eigenvalue weighted by molar-refractivity contribution is 5.95. The van der Waals surface area contributed by atoms with E-state index in [1.807, 2.05) is 30.9 Å². The summed E-state index contributed by atoms with van der Waals surface area (Å²) in [4.78, 5) is 26.8. The van der Waals surface area contributed by atoms with Crippen LogP contribution in [0.4, 0.5) is 0 Å². The first-order valence-electron chi connectivity index (χ1n) is 10.5. The Morgan fingerprint density at radius 1 is 1.17 bits per heavy atom. The van der Waals surface area contributed by atoms with Crippen LogP contribution >= 0.6 is 12.4 Å². The number of nitrogens with one attached hydrogen (secondary N) is 1. The van der Waals surface area contributed by atoms with Crippen LogP contribution in [0.15, 0.2) is 12.1 Å². The Bertz CT molecular complexity index is 652. The highest BCUT2D eigenvalue weighted by Crippen LogP contribution is 2.25. The molecule has 1 heterocycles. The number of amides is 2. The molecule has 1 unspecified atom stereocenters. The van der Waals surface area contributed by atoms with Crippen LogP contribution in [-0.4, -0.2) is 49.0 Å². The molecule has 0 saturated carbocycles. The Labute approximate surface area is 181 Å². The lowest BCUT2D eigenvalue weighted by Gasteiger charge is -2.27. The van der Waals surface area contributed by atoms with E-state index >= 15 is 0 Å². The molecular formula is C22H36ClN3O3. The Morgan fingerprint density at radius 2 is 1.79 bits per heavy atom. The Balaban J connectivity index is 0.00000420. The number of likely N-dealkylation sites (tertiary alicyclic amines) is 1. The normalized spacial score (nSPS) is 14.7. The number of piperidine rings is 1. The number of unbranched alkanes of at least 4 members (excludes halogenated alkanes) is 1. The molecule has 0 spiro atoms. The highest BCUT2D eigenvalue weighted by atomic mass is 35.5. The average Bonchev–Trinajstić information content (AvgIpc) is 2.70. The molecule has 1 aliphatic heterocycles. The van der Waals surface area contributed by atoms with Gasteiger partial charge >= 0.3 is 0 Å². The lowest BCUT2D eigenvalue weighted by molar-refractivity contribution is -0.134. The number of halogens is 1. The number of nitrogens with zero attached hydrogens (tertiary/aromatic N) is 1. The Kier molecular flexibility index (Phi) is 11.1. The number of nitrogens with two attached hydrogens (primary N) is 1. The van der Waals surface area contributed by atoms with E-state index in [0.717, 1.165) is 56.3 Å². The first-order chi connectivity index (χ1) is 13.5. The zero-order valence-corrected chi connectivity index (χ0v) is 18.8. The van der Waals surface area contributed by atoms with Gasteiger partial charge < -0.3 is 20.7 Å². The highest BCUT2D eigenvalue weighted by Gasteiger charge is 2.19. The van der Waals surface area contributed by atoms with Crippen molar-refractivity contribution in [3.63, 3.8) is 0 Å². The summed E-state index contributed by atoms with van der Waals surface area (Å²) < 4.78 is 5.83. The molecule has 1 fully saturated rings. The third-order valence-electron chi connectivity index (χ3n) is 5.30. The van der Waals surface area contributed by atoms with Crippen molar-refractivity contribution in [2.75, 3.05) is 26.2 Å². The van der Waals surface area contributed by atoms with Crippen molar-refractivity contribution in [1.29, 1.82) is 0 Å². The quantitative estimate of drug-likeness (QED) is 0.635. The first kappa shape index (κ1) is 25.2. The van der Waals surface area contributed by atoms with Crippen molar-refractivity contribution >= 4 is 24.2 Å². The molecule has 0 aliphatic carbocycles. The van der Waals surface area contributed by atoms with Gasteiger partial charge in [0.15, 0.2) is 6.61 Å². The van der Waals surface area contributed by atoms with Crippen molar-refractivity contribution < 1.29 is 14.3 Å². The van der Waals surface area contributed by atoms with E-state index in [0.29, 0.717) is 17.9 Å². The van der Waals surface area contributed by atoms with Crippen molar-refractivity contribution in [2.45, 2.75) is 65.3 Å². The minimum absolute atomic E-state index is 0. The maximum absolute atomic E-state index is 12.6. The summed E-state index contributed by atoms with van der Waals surface area (Å²) in [5, 5.41) is 3.02. The minimum Gasteiger partial charge on any atom is -0.483 e. The lowest BCUT2D eigenvalue weighted by Crippen LogP contribution is -2.40. The summed E-state index contributed by atoms with van der Waals surface area (Å²) in [6, 6.07) is 3.62. The topological polar surface area (TPSA) is 84.7 Å². The monoisotopic (exact) mass is 425 g/mol. The number of hydrogen-bond donors (Lipinski definition) is 2. The van der Waals surface area contributed by atoms with Crippen LogP contribution < -0.4 is 15.8 Å². The smallest absolute Gasteiger partial charge is 0.260 e. The maximum Gasteiger partial charge on any atom is 0.260 e. The van der Waals surface area contributed by atoms with Gasteiger partial charge in [0.2, 0.25) is 0 Å². The summed E-state index contributed by atoms with van der Waals surface area (Å²) in [6.45, 7) is 8.04. The van der Waals surface area contributed by atoms with Gasteiger partial charge in [-0.2, -0.15) is 0 Å². The van der Waals surface area contributed by atoms with Crippen LogP contribution in [0.5, 0.6) is 5.75 Å². The molecule has 2 rings (SSSR count). The number of hydrogen-bond acceptors (Lipinski definition) is 4. The summed E-state index contributed by atoms with van der Waals surface area (Å²) in [5.41, 5.74) is 8.09. The summed E-state index contributed by atoms with van der Waals surface area (Å²) in [7, 11) is 0. The number of carbonyl (C=O) groups excluding carboxylic acids is 2. The zero-order valence-electron chi connectivity index (χ0n) is 18.0. The van der Waals surface area contributed by atoms with Gasteiger partial charge in [0.05, 0.1) is 0 Å². The maximum atomic E-state index is 12.6. The van der Waals surface area contributed by atoms with Crippen molar-refractivity contribution in [2.24, 2.45) is 5.73 Å². The standard InChI is InChI=1S/C22H35N3O3.ClH/c1-4-5-9-19(14-23)24-22(27)18-12-16(2)21(17(3)13-18)28-15-20(26)25-10-7-6-8-11-25;/h12-13,19H,4-11,14-15,23H2,1-3H3,(H,24,27);1H. The average molecular weight is 426 g/mol. The fourth-order valence-corrected chi connectivity index (χ4v) is 3.65. The zero-order chi connectivity index (χ0) is 20.5. The lowest BCUT2D eigenvalue weighted by atomic mass is 10.0. The van der Waals surface area contributed by atoms with Crippen molar-refractivity contribution in [3.8, 4) is 5.75 Å². The number of benzene rings is 1. The molecule has 0 bridgehead atoms. The fourth-order valence-electron chi connectivity index (χ4n) is 3.65. The van der Waals surface area contributed by atoms with Gasteiger partial charge in [0.25, 0.3) is 11.8 Å². The molecule has 0 radical (unpaired) electrons. The van der Waals surface area contributed by atoms with E-state index in [4.69, 9.17) is 10.5 Å². The van der Waals surface area contributed by atoms with Gasteiger partial charge in [-0.15, -0.1) is 12.4 Å². The molecular weight excluding hydrogens is 390 g/mol. The van der Waals surface area contributed by atoms with Gasteiger partial charge in [-0.05, 0) is 62.8 Å². The molecule has 1 aromatic carbocycles. The molecule has 2 amide bonds. The van der Waals surface area contributed by atoms with Crippen molar-refractivity contribution in [1.82, 2.24) is 10.2 Å². The van der Waals surface area contributed by atoms with Crippen LogP contribution in [0.1, 0.15) is 66.9 Å². The molecule has 6 nitrogen and oxygen atoms in total. The van der Waals surface area contributed by atoms with Gasteiger partial charge in [-0.3, -0.25) is 9.59 Å². The van der Waals surface area contributed by atoms with Crippen molar-refractivity contribution in [3.05, 3.63) is 28.8 Å². The van der Waals surface area contributed by atoms with Crippen LogP contribution in [-0.2, 0) is 4.79 Å². The fraction of sp³-hybridized carbons (Fsp3) is 0.636. The van der Waals surface area contributed by atoms with E-state index in [1.165, 1.54) is 6.42 Å². The first-order valence-corrected chi connectivity index (χ1v) is 10.5. The van der Waals surface area contributed by atoms with Gasteiger partial charge in [0.1, 0.15) is 5.75 Å². The van der Waals surface area contributed by atoms with Gasteiger partial charge in [-0.25, -0.2) is 0 Å². The third-order valence-corrected chi connectivity index (χ3v) is 5.30. The predicted octanol–water partition coefficient (Wildman–Crippen LogP) is 3.36. The van der Waals surface area contributed by atoms with E-state index in [9.17, 15) is 9.59 Å². The summed E-state index contributed by atoms with van der Waals surface area (Å²) in [6.07, 6.45) is 6.32.